The van der Waals surface area contributed by atoms with Crippen LogP contribution in [-0.4, -0.2) is 62.3 Å². The zero-order valence-electron chi connectivity index (χ0n) is 27.0. The first-order valence-electron chi connectivity index (χ1n) is 15.7. The molecule has 0 aliphatic carbocycles. The summed E-state index contributed by atoms with van der Waals surface area (Å²) in [5.41, 5.74) is 1.59. The van der Waals surface area contributed by atoms with Gasteiger partial charge in [0.05, 0.1) is 21.0 Å². The van der Waals surface area contributed by atoms with Crippen molar-refractivity contribution >= 4 is 56.9 Å². The van der Waals surface area contributed by atoms with Crippen molar-refractivity contribution in [1.82, 2.24) is 9.80 Å². The Kier molecular flexibility index (Phi) is 11.0. The van der Waals surface area contributed by atoms with E-state index >= 15 is 0 Å². The molecule has 1 heterocycles. The molecule has 1 saturated heterocycles. The van der Waals surface area contributed by atoms with Crippen molar-refractivity contribution in [2.45, 2.75) is 19.5 Å². The zero-order chi connectivity index (χ0) is 35.8. The number of carbonyl (C=O) groups excluding carboxylic acids is 1. The summed E-state index contributed by atoms with van der Waals surface area (Å²) in [5.74, 6) is -1.56. The summed E-state index contributed by atoms with van der Waals surface area (Å²) in [5, 5.41) is 34.3. The van der Waals surface area contributed by atoms with E-state index in [1.165, 1.54) is 42.5 Å². The monoisotopic (exact) mass is 676 g/mol. The summed E-state index contributed by atoms with van der Waals surface area (Å²) in [6.07, 6.45) is 5.07. The first-order valence-corrected chi connectivity index (χ1v) is 15.7. The van der Waals surface area contributed by atoms with Gasteiger partial charge < -0.3 is 10.0 Å². The lowest BCUT2D eigenvalue weighted by molar-refractivity contribution is -0.385. The van der Waals surface area contributed by atoms with E-state index in [1.807, 2.05) is 43.3 Å². The number of carboxylic acids is 1. The number of fused-ring (bicyclic) bond motifs is 2. The molecule has 1 aliphatic rings. The number of hydrogen-bond donors (Lipinski definition) is 1. The molecule has 50 heavy (non-hydrogen) atoms. The molecule has 1 N–H and O–H groups in total. The highest BCUT2D eigenvalue weighted by Gasteiger charge is 2.26. The maximum atomic E-state index is 13.1. The number of piperazine rings is 1. The highest BCUT2D eigenvalue weighted by Crippen LogP contribution is 2.28. The van der Waals surface area contributed by atoms with E-state index in [0.717, 1.165) is 33.2 Å². The molecule has 0 spiro atoms. The Hall–Kier alpha value is -6.27. The van der Waals surface area contributed by atoms with Crippen LogP contribution in [0.2, 0.25) is 0 Å². The molecule has 254 valence electrons. The topological polar surface area (TPSA) is 147 Å². The highest BCUT2D eigenvalue weighted by atomic mass is 19.1. The standard InChI is InChI=1S/C25H24FN3O3.C13H9NO4/c1-18-16-27(17-19-6-9-23(26)10-7-19)12-13-28(18)25(30)11-8-22-14-20-4-2-3-5-21(20)15-24(22)29(31)32;15-13(16)6-5-11-7-9-3-1-2-4-10(9)8-12(11)14(17)18/h2-11,14-15,18H,12-13,16-17H2,1H3;1-8H,(H,15,16)/b11-8+;6-5+/t18-;/m1./s1. The molecular formula is C38H33FN4O7. The molecule has 0 unspecified atom stereocenters. The van der Waals surface area contributed by atoms with Gasteiger partial charge >= 0.3 is 5.97 Å². The number of amides is 1. The minimum atomic E-state index is -1.14. The molecule has 12 heteroatoms. The summed E-state index contributed by atoms with van der Waals surface area (Å²) in [6.45, 7) is 4.66. The minimum Gasteiger partial charge on any atom is -0.478 e. The Morgan fingerprint density at radius 2 is 1.26 bits per heavy atom. The molecule has 5 aromatic rings. The maximum Gasteiger partial charge on any atom is 0.328 e. The lowest BCUT2D eigenvalue weighted by Gasteiger charge is -2.39. The summed E-state index contributed by atoms with van der Waals surface area (Å²) in [4.78, 5) is 48.8. The summed E-state index contributed by atoms with van der Waals surface area (Å²) in [7, 11) is 0. The van der Waals surface area contributed by atoms with E-state index in [-0.39, 0.29) is 34.7 Å². The van der Waals surface area contributed by atoms with Crippen molar-refractivity contribution in [1.29, 1.82) is 0 Å². The number of aliphatic carboxylic acids is 1. The maximum absolute atomic E-state index is 13.1. The molecule has 1 amide bonds. The first-order chi connectivity index (χ1) is 24.0. The van der Waals surface area contributed by atoms with Gasteiger partial charge in [-0.2, -0.15) is 0 Å². The van der Waals surface area contributed by atoms with Crippen LogP contribution in [0.25, 0.3) is 33.7 Å². The van der Waals surface area contributed by atoms with Gasteiger partial charge in [-0.1, -0.05) is 60.7 Å². The van der Waals surface area contributed by atoms with Crippen molar-refractivity contribution in [3.05, 3.63) is 152 Å². The fourth-order valence-corrected chi connectivity index (χ4v) is 5.84. The third-order valence-electron chi connectivity index (χ3n) is 8.31. The fourth-order valence-electron chi connectivity index (χ4n) is 5.84. The van der Waals surface area contributed by atoms with Gasteiger partial charge in [-0.15, -0.1) is 0 Å². The number of nitro benzene ring substituents is 2. The van der Waals surface area contributed by atoms with Gasteiger partial charge in [0.15, 0.2) is 0 Å². The second-order valence-corrected chi connectivity index (χ2v) is 11.8. The Bertz CT molecular complexity index is 2130. The second-order valence-electron chi connectivity index (χ2n) is 11.8. The molecule has 6 rings (SSSR count). The number of nitrogens with zero attached hydrogens (tertiary/aromatic N) is 4. The summed E-state index contributed by atoms with van der Waals surface area (Å²) >= 11 is 0. The lowest BCUT2D eigenvalue weighted by atomic mass is 10.0. The van der Waals surface area contributed by atoms with Crippen LogP contribution in [0.1, 0.15) is 23.6 Å². The average molecular weight is 677 g/mol. The number of halogens is 1. The van der Waals surface area contributed by atoms with Crippen molar-refractivity contribution in [3.8, 4) is 0 Å². The van der Waals surface area contributed by atoms with Crippen molar-refractivity contribution in [3.63, 3.8) is 0 Å². The van der Waals surface area contributed by atoms with E-state index in [4.69, 9.17) is 5.11 Å². The van der Waals surface area contributed by atoms with Gasteiger partial charge in [-0.25, -0.2) is 9.18 Å². The molecule has 0 aromatic heterocycles. The number of hydrogen-bond acceptors (Lipinski definition) is 7. The second kappa shape index (κ2) is 15.8. The van der Waals surface area contributed by atoms with Crippen molar-refractivity contribution in [2.75, 3.05) is 19.6 Å². The van der Waals surface area contributed by atoms with Crippen LogP contribution in [0, 0.1) is 26.0 Å². The predicted molar refractivity (Wildman–Crippen MR) is 190 cm³/mol. The smallest absolute Gasteiger partial charge is 0.328 e. The summed E-state index contributed by atoms with van der Waals surface area (Å²) < 4.78 is 13.1. The molecular weight excluding hydrogens is 643 g/mol. The van der Waals surface area contributed by atoms with Gasteiger partial charge in [0.1, 0.15) is 5.82 Å². The van der Waals surface area contributed by atoms with Crippen LogP contribution >= 0.6 is 0 Å². The number of benzene rings is 5. The Labute approximate surface area is 286 Å². The average Bonchev–Trinajstić information content (AvgIpc) is 3.10. The minimum absolute atomic E-state index is 0.00654. The first kappa shape index (κ1) is 35.0. The highest BCUT2D eigenvalue weighted by molar-refractivity contribution is 5.95. The molecule has 1 aliphatic heterocycles. The molecule has 0 radical (unpaired) electrons. The Morgan fingerprint density at radius 1 is 0.780 bits per heavy atom. The Morgan fingerprint density at radius 3 is 1.72 bits per heavy atom. The van der Waals surface area contributed by atoms with Crippen LogP contribution < -0.4 is 0 Å². The molecule has 1 atom stereocenters. The van der Waals surface area contributed by atoms with Crippen LogP contribution in [-0.2, 0) is 16.1 Å². The molecule has 0 saturated carbocycles. The molecule has 0 bridgehead atoms. The van der Waals surface area contributed by atoms with Gasteiger partial charge in [-0.05, 0) is 70.4 Å². The van der Waals surface area contributed by atoms with Gasteiger partial charge in [0.2, 0.25) is 5.91 Å². The normalized spacial score (nSPS) is 14.9. The third kappa shape index (κ3) is 8.79. The SMILES string of the molecule is C[C@@H]1CN(Cc2ccc(F)cc2)CCN1C(=O)/C=C/c1cc2ccccc2cc1[N+](=O)[O-].O=C(O)/C=C/c1cc2ccccc2cc1[N+](=O)[O-]. The number of carbonyl (C=O) groups is 2. The quantitative estimate of drug-likeness (QED) is 0.101. The van der Waals surface area contributed by atoms with E-state index in [9.17, 15) is 34.2 Å². The largest absolute Gasteiger partial charge is 0.478 e. The van der Waals surface area contributed by atoms with E-state index in [1.54, 1.807) is 41.3 Å². The predicted octanol–water partition coefficient (Wildman–Crippen LogP) is 7.48. The number of carboxylic acid groups (broad SMARTS) is 1. The van der Waals surface area contributed by atoms with E-state index < -0.39 is 15.8 Å². The van der Waals surface area contributed by atoms with Crippen molar-refractivity contribution in [2.24, 2.45) is 0 Å². The van der Waals surface area contributed by atoms with Gasteiger partial charge in [-0.3, -0.25) is 29.9 Å². The molecule has 1 fully saturated rings. The van der Waals surface area contributed by atoms with Gasteiger partial charge in [0, 0.05) is 56.5 Å². The van der Waals surface area contributed by atoms with Crippen LogP contribution in [0.4, 0.5) is 15.8 Å². The Balaban J connectivity index is 0.000000228. The summed E-state index contributed by atoms with van der Waals surface area (Å²) in [6, 6.07) is 27.4. The molecule has 11 nitrogen and oxygen atoms in total. The van der Waals surface area contributed by atoms with Crippen LogP contribution in [0.3, 0.4) is 0 Å². The van der Waals surface area contributed by atoms with E-state index in [2.05, 4.69) is 4.90 Å². The third-order valence-corrected chi connectivity index (χ3v) is 8.31. The number of rotatable bonds is 8. The van der Waals surface area contributed by atoms with Gasteiger partial charge in [0.25, 0.3) is 11.4 Å². The van der Waals surface area contributed by atoms with E-state index in [0.29, 0.717) is 31.7 Å². The van der Waals surface area contributed by atoms with Crippen LogP contribution in [0.15, 0.2) is 109 Å². The van der Waals surface area contributed by atoms with Crippen LogP contribution in [0.5, 0.6) is 0 Å². The lowest BCUT2D eigenvalue weighted by Crippen LogP contribution is -2.53. The fraction of sp³-hybridized carbons (Fsp3) is 0.158. The molecule has 5 aromatic carbocycles. The zero-order valence-corrected chi connectivity index (χ0v) is 27.0. The van der Waals surface area contributed by atoms with Crippen molar-refractivity contribution < 1.29 is 28.9 Å². The number of nitro groups is 2.